The van der Waals surface area contributed by atoms with Crippen LogP contribution in [0.1, 0.15) is 30.2 Å². The average molecular weight is 459 g/mol. The van der Waals surface area contributed by atoms with E-state index in [1.165, 1.54) is 11.3 Å². The van der Waals surface area contributed by atoms with Gasteiger partial charge in [-0.2, -0.15) is 5.10 Å². The molecular formula is C21H19FN4O3S2. The fourth-order valence-corrected chi connectivity index (χ4v) is 4.49. The van der Waals surface area contributed by atoms with Crippen molar-refractivity contribution in [1.82, 2.24) is 14.8 Å². The van der Waals surface area contributed by atoms with Crippen LogP contribution < -0.4 is 5.32 Å². The largest absolute Gasteiger partial charge is 0.319 e. The Balaban J connectivity index is 1.83. The Bertz CT molecular complexity index is 1390. The number of rotatable bonds is 5. The molecule has 0 fully saturated rings. The fourth-order valence-electron chi connectivity index (χ4n) is 3.15. The number of nitrogens with one attached hydrogen (secondary N) is 1. The van der Waals surface area contributed by atoms with Crippen molar-refractivity contribution in [3.63, 3.8) is 0 Å². The van der Waals surface area contributed by atoms with Gasteiger partial charge in [0.15, 0.2) is 15.5 Å². The van der Waals surface area contributed by atoms with Crippen LogP contribution in [-0.2, 0) is 9.84 Å². The zero-order chi connectivity index (χ0) is 22.3. The van der Waals surface area contributed by atoms with Gasteiger partial charge in [0.2, 0.25) is 0 Å². The molecule has 0 radical (unpaired) electrons. The third kappa shape index (κ3) is 4.08. The van der Waals surface area contributed by atoms with Crippen molar-refractivity contribution in [2.75, 3.05) is 11.6 Å². The van der Waals surface area contributed by atoms with Crippen molar-refractivity contribution in [3.8, 4) is 10.6 Å². The maximum atomic E-state index is 14.3. The Morgan fingerprint density at radius 1 is 1.23 bits per heavy atom. The molecule has 10 heteroatoms. The lowest BCUT2D eigenvalue weighted by molar-refractivity contribution is 0.102. The van der Waals surface area contributed by atoms with Gasteiger partial charge in [0, 0.05) is 12.3 Å². The lowest BCUT2D eigenvalue weighted by Gasteiger charge is -2.11. The molecule has 0 aliphatic rings. The lowest BCUT2D eigenvalue weighted by Crippen LogP contribution is -2.15. The van der Waals surface area contributed by atoms with Gasteiger partial charge in [0.05, 0.1) is 38.3 Å². The molecule has 0 aliphatic carbocycles. The van der Waals surface area contributed by atoms with E-state index in [-0.39, 0.29) is 22.2 Å². The van der Waals surface area contributed by atoms with E-state index in [0.29, 0.717) is 16.7 Å². The van der Waals surface area contributed by atoms with Crippen LogP contribution in [0.2, 0.25) is 0 Å². The van der Waals surface area contributed by atoms with Crippen LogP contribution in [-0.4, -0.2) is 35.3 Å². The van der Waals surface area contributed by atoms with Crippen molar-refractivity contribution in [3.05, 3.63) is 59.4 Å². The van der Waals surface area contributed by atoms with Gasteiger partial charge >= 0.3 is 0 Å². The number of carbonyl (C=O) groups excluding carboxylic acids is 1. The smallest absolute Gasteiger partial charge is 0.256 e. The Morgan fingerprint density at radius 3 is 2.65 bits per heavy atom. The van der Waals surface area contributed by atoms with Crippen LogP contribution >= 0.6 is 11.3 Å². The molecule has 1 N–H and O–H groups in total. The molecule has 0 bridgehead atoms. The summed E-state index contributed by atoms with van der Waals surface area (Å²) >= 11 is 1.48. The summed E-state index contributed by atoms with van der Waals surface area (Å²) in [4.78, 5) is 18.6. The minimum Gasteiger partial charge on any atom is -0.319 e. The number of hydrogen-bond donors (Lipinski definition) is 1. The molecule has 0 saturated carbocycles. The third-order valence-corrected chi connectivity index (χ3v) is 6.69. The molecule has 3 aromatic heterocycles. The van der Waals surface area contributed by atoms with Gasteiger partial charge in [-0.3, -0.25) is 4.79 Å². The van der Waals surface area contributed by atoms with E-state index in [1.807, 2.05) is 31.4 Å². The first-order chi connectivity index (χ1) is 14.6. The second kappa shape index (κ2) is 7.86. The number of benzene rings is 1. The number of aromatic nitrogens is 3. The zero-order valence-electron chi connectivity index (χ0n) is 17.0. The predicted molar refractivity (Wildman–Crippen MR) is 119 cm³/mol. The lowest BCUT2D eigenvalue weighted by atomic mass is 10.1. The molecule has 1 amide bonds. The molecule has 4 rings (SSSR count). The Hall–Kier alpha value is -3.11. The summed E-state index contributed by atoms with van der Waals surface area (Å²) in [6, 6.07) is 8.72. The molecule has 7 nitrogen and oxygen atoms in total. The summed E-state index contributed by atoms with van der Waals surface area (Å²) in [6.45, 7) is 3.91. The minimum atomic E-state index is -3.56. The quantitative estimate of drug-likeness (QED) is 0.443. The number of halogens is 1. The summed E-state index contributed by atoms with van der Waals surface area (Å²) in [6.07, 6.45) is 2.57. The third-order valence-electron chi connectivity index (χ3n) is 4.69. The van der Waals surface area contributed by atoms with Gasteiger partial charge in [0.25, 0.3) is 5.91 Å². The summed E-state index contributed by atoms with van der Waals surface area (Å²) in [7, 11) is -3.56. The van der Waals surface area contributed by atoms with E-state index in [1.54, 1.807) is 16.9 Å². The molecule has 4 aromatic rings. The predicted octanol–water partition coefficient (Wildman–Crippen LogP) is 4.54. The highest BCUT2D eigenvalue weighted by molar-refractivity contribution is 7.90. The Labute approximate surface area is 182 Å². The Kier molecular flexibility index (Phi) is 5.36. The van der Waals surface area contributed by atoms with Crippen LogP contribution in [0.4, 0.5) is 10.1 Å². The Morgan fingerprint density at radius 2 is 2.00 bits per heavy atom. The van der Waals surface area contributed by atoms with E-state index in [2.05, 4.69) is 10.4 Å². The first-order valence-electron chi connectivity index (χ1n) is 9.38. The maximum absolute atomic E-state index is 14.3. The number of amides is 1. The van der Waals surface area contributed by atoms with Crippen LogP contribution in [0.15, 0.2) is 52.9 Å². The van der Waals surface area contributed by atoms with Crippen LogP contribution in [0.5, 0.6) is 0 Å². The molecule has 0 atom stereocenters. The van der Waals surface area contributed by atoms with E-state index >= 15 is 0 Å². The first kappa shape index (κ1) is 21.1. The second-order valence-electron chi connectivity index (χ2n) is 7.32. The summed E-state index contributed by atoms with van der Waals surface area (Å²) in [5.74, 6) is -1.32. The van der Waals surface area contributed by atoms with E-state index in [4.69, 9.17) is 4.98 Å². The topological polar surface area (TPSA) is 94.0 Å². The number of nitrogens with zero attached hydrogens (tertiary/aromatic N) is 3. The van der Waals surface area contributed by atoms with Crippen LogP contribution in [0, 0.1) is 5.82 Å². The zero-order valence-corrected chi connectivity index (χ0v) is 18.6. The standard InChI is InChI=1S/C21H19FN4O3S2/c1-12(2)26-20-15(11-23-26)14(10-18(24-20)19-5-4-8-30-19)21(27)25-17-9-13(31(3,28)29)6-7-16(17)22/h4-12H,1-3H3,(H,25,27). The van der Waals surface area contributed by atoms with E-state index in [9.17, 15) is 17.6 Å². The second-order valence-corrected chi connectivity index (χ2v) is 10.3. The molecule has 0 saturated heterocycles. The van der Waals surface area contributed by atoms with Gasteiger partial charge < -0.3 is 5.32 Å². The average Bonchev–Trinajstić information content (AvgIpc) is 3.37. The van der Waals surface area contributed by atoms with Gasteiger partial charge in [-0.25, -0.2) is 22.5 Å². The van der Waals surface area contributed by atoms with Crippen molar-refractivity contribution in [1.29, 1.82) is 0 Å². The van der Waals surface area contributed by atoms with Gasteiger partial charge in [-0.05, 0) is 49.6 Å². The van der Waals surface area contributed by atoms with Crippen molar-refractivity contribution in [2.45, 2.75) is 24.8 Å². The molecule has 0 unspecified atom stereocenters. The summed E-state index contributed by atoms with van der Waals surface area (Å²) in [5.41, 5.74) is 1.19. The fraction of sp³-hybridized carbons (Fsp3) is 0.190. The molecule has 0 aliphatic heterocycles. The maximum Gasteiger partial charge on any atom is 0.256 e. The molecule has 31 heavy (non-hydrogen) atoms. The number of hydrogen-bond acceptors (Lipinski definition) is 6. The molecule has 0 spiro atoms. The number of fused-ring (bicyclic) bond motifs is 1. The molecule has 3 heterocycles. The number of carbonyl (C=O) groups is 1. The molecule has 160 valence electrons. The first-order valence-corrected chi connectivity index (χ1v) is 12.2. The number of sulfone groups is 1. The minimum absolute atomic E-state index is 0.0170. The monoisotopic (exact) mass is 458 g/mol. The summed E-state index contributed by atoms with van der Waals surface area (Å²) < 4.78 is 39.7. The van der Waals surface area contributed by atoms with Crippen LogP contribution in [0.25, 0.3) is 21.6 Å². The number of anilines is 1. The highest BCUT2D eigenvalue weighted by Crippen LogP contribution is 2.30. The van der Waals surface area contributed by atoms with Gasteiger partial charge in [0.1, 0.15) is 5.82 Å². The highest BCUT2D eigenvalue weighted by atomic mass is 32.2. The van der Waals surface area contributed by atoms with Gasteiger partial charge in [-0.15, -0.1) is 11.3 Å². The number of pyridine rings is 1. The van der Waals surface area contributed by atoms with Crippen molar-refractivity contribution >= 4 is 43.8 Å². The van der Waals surface area contributed by atoms with Crippen molar-refractivity contribution in [2.24, 2.45) is 0 Å². The summed E-state index contributed by atoms with van der Waals surface area (Å²) in [5, 5.41) is 9.29. The normalized spacial score (nSPS) is 11.9. The van der Waals surface area contributed by atoms with E-state index < -0.39 is 21.6 Å². The van der Waals surface area contributed by atoms with E-state index in [0.717, 1.165) is 29.3 Å². The van der Waals surface area contributed by atoms with Crippen molar-refractivity contribution < 1.29 is 17.6 Å². The SMILES string of the molecule is CC(C)n1ncc2c(C(=O)Nc3cc(S(C)(=O)=O)ccc3F)cc(-c3cccs3)nc21. The number of thiophene rings is 1. The van der Waals surface area contributed by atoms with Gasteiger partial charge in [-0.1, -0.05) is 6.07 Å². The molecular weight excluding hydrogens is 439 g/mol. The van der Waals surface area contributed by atoms with Crippen LogP contribution in [0.3, 0.4) is 0 Å². The molecule has 1 aromatic carbocycles. The highest BCUT2D eigenvalue weighted by Gasteiger charge is 2.20.